The predicted octanol–water partition coefficient (Wildman–Crippen LogP) is 17.2. The number of allylic oxidation sites excluding steroid dienone is 21. The van der Waals surface area contributed by atoms with Crippen molar-refractivity contribution in [2.75, 3.05) is 26.4 Å². The summed E-state index contributed by atoms with van der Waals surface area (Å²) in [6, 6.07) is -0.994. The summed E-state index contributed by atoms with van der Waals surface area (Å²) in [6.07, 6.45) is 77.3. The Morgan fingerprint density at radius 2 is 0.611 bits per heavy atom. The first-order valence-corrected chi connectivity index (χ1v) is 44.9. The van der Waals surface area contributed by atoms with Gasteiger partial charge in [0.2, 0.25) is 5.91 Å². The van der Waals surface area contributed by atoms with Crippen molar-refractivity contribution in [3.63, 3.8) is 0 Å². The summed E-state index contributed by atoms with van der Waals surface area (Å²) in [6.45, 7) is 1.64. The number of amides is 1. The Hall–Kier alpha value is -4.07. The van der Waals surface area contributed by atoms with E-state index in [-0.39, 0.29) is 18.9 Å². The second-order valence-electron chi connectivity index (χ2n) is 31.3. The van der Waals surface area contributed by atoms with Gasteiger partial charge in [0, 0.05) is 6.42 Å². The second-order valence-corrected chi connectivity index (χ2v) is 31.3. The van der Waals surface area contributed by atoms with Gasteiger partial charge in [-0.2, -0.15) is 0 Å². The van der Waals surface area contributed by atoms with Crippen molar-refractivity contribution in [1.29, 1.82) is 0 Å². The van der Waals surface area contributed by atoms with Gasteiger partial charge in [-0.1, -0.05) is 353 Å². The fraction of sp³-hybridized carbons (Fsp3) is 0.755. The first kappa shape index (κ1) is 103. The maximum Gasteiger partial charge on any atom is 0.220 e. The van der Waals surface area contributed by atoms with Gasteiger partial charge in [-0.15, -0.1) is 0 Å². The highest BCUT2D eigenvalue weighted by atomic mass is 16.8. The third-order valence-corrected chi connectivity index (χ3v) is 21.5. The summed E-state index contributed by atoms with van der Waals surface area (Å²) in [5.74, 6) is -0.292. The number of carbonyl (C=O) groups is 1. The van der Waals surface area contributed by atoms with E-state index in [2.05, 4.69) is 141 Å². The molecule has 19 heteroatoms. The summed E-state index contributed by atoms with van der Waals surface area (Å²) in [4.78, 5) is 13.5. The molecule has 0 aromatic carbocycles. The molecule has 650 valence electrons. The van der Waals surface area contributed by atoms with Crippen molar-refractivity contribution in [1.82, 2.24) is 5.32 Å². The molecule has 0 aromatic heterocycles. The maximum atomic E-state index is 13.5. The lowest BCUT2D eigenvalue weighted by molar-refractivity contribution is -0.379. The second kappa shape index (κ2) is 72.0. The zero-order valence-electron chi connectivity index (χ0n) is 70.1. The minimum atomic E-state index is -1.99. The molecule has 12 N–H and O–H groups in total. The molecule has 17 atom stereocenters. The molecular weight excluding hydrogens is 1430 g/mol. The molecule has 17 unspecified atom stereocenters. The van der Waals surface area contributed by atoms with Crippen LogP contribution in [-0.2, 0) is 33.2 Å². The van der Waals surface area contributed by atoms with Crippen LogP contribution in [-0.4, -0.2) is 193 Å². The van der Waals surface area contributed by atoms with Gasteiger partial charge >= 0.3 is 0 Å². The molecule has 0 aliphatic carbocycles. The van der Waals surface area contributed by atoms with Gasteiger partial charge in [0.05, 0.1) is 38.6 Å². The van der Waals surface area contributed by atoms with Crippen LogP contribution in [0.1, 0.15) is 322 Å². The highest BCUT2D eigenvalue weighted by Crippen LogP contribution is 2.33. The SMILES string of the molecule is CC/C=C\C/C=C\C/C=C\C/C=C\C/C=C\C/C=C\C/C=C\C/C=C\C/C=C\C/C=C\CCCCCCCCC(=O)NC(COC1OC(CO)C(OC2OC(CO)C(OC3OC(CO)C(O)C(O)C3O)C(O)C2O)C(O)C1O)C(O)/C=C/CCCCCCCCCCCCCCCCCCCCCCCCCCCCCCC. The van der Waals surface area contributed by atoms with Gasteiger partial charge in [-0.3, -0.25) is 4.79 Å². The van der Waals surface area contributed by atoms with E-state index in [1.165, 1.54) is 167 Å². The molecule has 1 amide bonds. The van der Waals surface area contributed by atoms with Crippen molar-refractivity contribution in [2.24, 2.45) is 0 Å². The van der Waals surface area contributed by atoms with Crippen LogP contribution >= 0.6 is 0 Å². The maximum absolute atomic E-state index is 13.5. The number of hydrogen-bond acceptors (Lipinski definition) is 18. The van der Waals surface area contributed by atoms with Crippen LogP contribution in [0.25, 0.3) is 0 Å². The minimum Gasteiger partial charge on any atom is -0.394 e. The molecular formula is C94H161NO18. The molecule has 0 saturated carbocycles. The summed E-state index contributed by atoms with van der Waals surface area (Å²) in [5.41, 5.74) is 0. The smallest absolute Gasteiger partial charge is 0.220 e. The Morgan fingerprint density at radius 1 is 0.327 bits per heavy atom. The van der Waals surface area contributed by atoms with Gasteiger partial charge in [0.25, 0.3) is 0 Å². The number of rotatable bonds is 71. The fourth-order valence-electron chi connectivity index (χ4n) is 14.3. The Balaban J connectivity index is 1.35. The summed E-state index contributed by atoms with van der Waals surface area (Å²) < 4.78 is 34.5. The Kier molecular flexibility index (Phi) is 65.7. The molecule has 3 fully saturated rings. The van der Waals surface area contributed by atoms with Crippen LogP contribution in [0.3, 0.4) is 0 Å². The molecule has 19 nitrogen and oxygen atoms in total. The normalized spacial score (nSPS) is 25.5. The third kappa shape index (κ3) is 50.5. The van der Waals surface area contributed by atoms with E-state index < -0.39 is 124 Å². The lowest BCUT2D eigenvalue weighted by atomic mass is 9.96. The first-order valence-electron chi connectivity index (χ1n) is 44.9. The van der Waals surface area contributed by atoms with Gasteiger partial charge in [0.1, 0.15) is 73.2 Å². The molecule has 3 saturated heterocycles. The number of nitrogens with one attached hydrogen (secondary N) is 1. The number of aliphatic hydroxyl groups excluding tert-OH is 11. The first-order chi connectivity index (χ1) is 55.3. The Bertz CT molecular complexity index is 2560. The molecule has 0 radical (unpaired) electrons. The van der Waals surface area contributed by atoms with Crippen LogP contribution in [0.2, 0.25) is 0 Å². The topological polar surface area (TPSA) is 307 Å². The lowest BCUT2D eigenvalue weighted by Gasteiger charge is -2.48. The van der Waals surface area contributed by atoms with Crippen molar-refractivity contribution >= 4 is 5.91 Å². The average molecular weight is 1590 g/mol. The van der Waals surface area contributed by atoms with Gasteiger partial charge < -0.3 is 89.9 Å². The van der Waals surface area contributed by atoms with E-state index in [1.54, 1.807) is 6.08 Å². The van der Waals surface area contributed by atoms with E-state index in [4.69, 9.17) is 28.4 Å². The lowest BCUT2D eigenvalue weighted by Crippen LogP contribution is -2.66. The Morgan fingerprint density at radius 3 is 0.956 bits per heavy atom. The van der Waals surface area contributed by atoms with E-state index >= 15 is 0 Å². The molecule has 0 bridgehead atoms. The number of carbonyl (C=O) groups excluding carboxylic acids is 1. The largest absolute Gasteiger partial charge is 0.394 e. The van der Waals surface area contributed by atoms with Crippen LogP contribution in [0.4, 0.5) is 0 Å². The van der Waals surface area contributed by atoms with Crippen molar-refractivity contribution in [3.8, 4) is 0 Å². The van der Waals surface area contributed by atoms with E-state index in [1.807, 2.05) is 6.08 Å². The molecule has 0 spiro atoms. The van der Waals surface area contributed by atoms with E-state index in [0.29, 0.717) is 6.42 Å². The highest BCUT2D eigenvalue weighted by molar-refractivity contribution is 5.76. The van der Waals surface area contributed by atoms with Crippen molar-refractivity contribution in [2.45, 2.75) is 426 Å². The van der Waals surface area contributed by atoms with Crippen LogP contribution in [0.15, 0.2) is 134 Å². The van der Waals surface area contributed by atoms with Crippen molar-refractivity contribution < 1.29 is 89.4 Å². The van der Waals surface area contributed by atoms with E-state index in [0.717, 1.165) is 128 Å². The summed E-state index contributed by atoms with van der Waals surface area (Å²) in [5, 5.41) is 121. The number of ether oxygens (including phenoxy) is 6. The van der Waals surface area contributed by atoms with Gasteiger partial charge in [-0.05, 0) is 96.3 Å². The predicted molar refractivity (Wildman–Crippen MR) is 456 cm³/mol. The zero-order chi connectivity index (χ0) is 81.7. The summed E-state index contributed by atoms with van der Waals surface area (Å²) in [7, 11) is 0. The summed E-state index contributed by atoms with van der Waals surface area (Å²) >= 11 is 0. The monoisotopic (exact) mass is 1590 g/mol. The van der Waals surface area contributed by atoms with Gasteiger partial charge in [0.15, 0.2) is 18.9 Å². The van der Waals surface area contributed by atoms with Crippen LogP contribution in [0, 0.1) is 0 Å². The zero-order valence-corrected chi connectivity index (χ0v) is 70.1. The molecule has 3 heterocycles. The number of aliphatic hydroxyl groups is 11. The molecule has 3 rings (SSSR count). The van der Waals surface area contributed by atoms with Gasteiger partial charge in [-0.25, -0.2) is 0 Å². The average Bonchev–Trinajstić information content (AvgIpc) is 0.779. The highest BCUT2D eigenvalue weighted by Gasteiger charge is 2.54. The third-order valence-electron chi connectivity index (χ3n) is 21.5. The standard InChI is InChI=1S/C94H161NO18/c1-3-5-7-9-11-13-15-17-19-21-23-25-27-29-31-33-35-36-37-38-39-40-42-44-46-48-50-52-54-56-58-60-62-64-66-68-70-72-82(100)95-77(78(99)71-69-67-65-63-61-59-57-55-53-51-49-47-45-43-41-34-32-30-28-26-24-22-20-18-16-14-12-10-8-6-4-2)76-108-92-88(106)85(103)90(80(74-97)110-92)113-94-89(107)86(104)91(81(75-98)111-94)112-93-87(105)84(102)83(101)79(73-96)109-93/h5,7,11,13,17,19,23,25,29,31,35-36,38-39,42,44,48,50,54,56,69,71,77-81,83-94,96-99,101-107H,3-4,6,8-10,12,14-16,18,20-22,24,26-28,30,32-34,37,40-41,43,45-47,49,51-53,55,57-68,70,72-76H2,1-2H3,(H,95,100)/b7-5-,13-11-,19-17-,25-23-,31-29-,36-35-,39-38-,44-42-,50-48-,56-54-,71-69+. The van der Waals surface area contributed by atoms with Crippen LogP contribution in [0.5, 0.6) is 0 Å². The number of unbranched alkanes of at least 4 members (excludes halogenated alkanes) is 35. The fourth-order valence-corrected chi connectivity index (χ4v) is 14.3. The molecule has 3 aliphatic heterocycles. The van der Waals surface area contributed by atoms with Crippen molar-refractivity contribution in [3.05, 3.63) is 134 Å². The molecule has 113 heavy (non-hydrogen) atoms. The quantitative estimate of drug-likeness (QED) is 0.0199. The molecule has 0 aromatic rings. The Labute approximate surface area is 683 Å². The minimum absolute atomic E-state index is 0.218. The molecule has 3 aliphatic rings. The van der Waals surface area contributed by atoms with E-state index in [9.17, 15) is 61.0 Å². The van der Waals surface area contributed by atoms with Crippen LogP contribution < -0.4 is 5.32 Å². The number of hydrogen-bond donors (Lipinski definition) is 12.